The van der Waals surface area contributed by atoms with Gasteiger partial charge in [-0.1, -0.05) is 12.2 Å². The van der Waals surface area contributed by atoms with Gasteiger partial charge < -0.3 is 11.1 Å². The molecule has 5 nitrogen and oxygen atoms in total. The van der Waals surface area contributed by atoms with E-state index in [4.69, 9.17) is 18.0 Å². The van der Waals surface area contributed by atoms with E-state index in [1.165, 1.54) is 0 Å². The Morgan fingerprint density at radius 2 is 2.12 bits per heavy atom. The Bertz CT molecular complexity index is 514. The molecule has 2 heterocycles. The molecule has 3 N–H and O–H groups in total. The van der Waals surface area contributed by atoms with Gasteiger partial charge in [0.2, 0.25) is 0 Å². The predicted molar refractivity (Wildman–Crippen MR) is 69.5 cm³/mol. The molecule has 2 aromatic rings. The van der Waals surface area contributed by atoms with Crippen molar-refractivity contribution in [3.8, 4) is 0 Å². The molecule has 0 saturated carbocycles. The first kappa shape index (κ1) is 11.4. The molecule has 0 amide bonds. The lowest BCUT2D eigenvalue weighted by Crippen LogP contribution is -2.14. The molecule has 0 fully saturated rings. The van der Waals surface area contributed by atoms with Gasteiger partial charge in [-0.3, -0.25) is 0 Å². The zero-order valence-corrected chi connectivity index (χ0v) is 9.81. The van der Waals surface area contributed by atoms with E-state index >= 15 is 0 Å². The molecular formula is C11H11N5S. The Morgan fingerprint density at radius 1 is 1.29 bits per heavy atom. The monoisotopic (exact) mass is 245 g/mol. The van der Waals surface area contributed by atoms with Crippen LogP contribution in [-0.4, -0.2) is 20.2 Å². The van der Waals surface area contributed by atoms with Gasteiger partial charge in [-0.2, -0.15) is 10.2 Å². The van der Waals surface area contributed by atoms with E-state index in [1.807, 2.05) is 18.2 Å². The van der Waals surface area contributed by atoms with Crippen LogP contribution >= 0.6 is 12.2 Å². The lowest BCUT2D eigenvalue weighted by Gasteiger charge is -2.08. The number of aromatic nitrogens is 3. The number of thiocarbonyl (C=S) groups is 1. The highest BCUT2D eigenvalue weighted by molar-refractivity contribution is 7.80. The molecule has 86 valence electrons. The topological polar surface area (TPSA) is 76.7 Å². The summed E-state index contributed by atoms with van der Waals surface area (Å²) in [6.07, 6.45) is 3.31. The summed E-state index contributed by atoms with van der Waals surface area (Å²) in [4.78, 5) is 4.51. The van der Waals surface area contributed by atoms with Gasteiger partial charge in [0.25, 0.3) is 0 Å². The number of nitrogens with zero attached hydrogens (tertiary/aromatic N) is 3. The van der Waals surface area contributed by atoms with Crippen LogP contribution in [0.5, 0.6) is 0 Å². The lowest BCUT2D eigenvalue weighted by molar-refractivity contribution is 0.920. The highest BCUT2D eigenvalue weighted by Crippen LogP contribution is 2.11. The van der Waals surface area contributed by atoms with Crippen LogP contribution < -0.4 is 11.1 Å². The van der Waals surface area contributed by atoms with E-state index in [0.29, 0.717) is 17.4 Å². The minimum atomic E-state index is 0.319. The molecule has 2 rings (SSSR count). The second kappa shape index (κ2) is 5.31. The lowest BCUT2D eigenvalue weighted by atomic mass is 10.2. The molecule has 2 aromatic heterocycles. The van der Waals surface area contributed by atoms with Crippen molar-refractivity contribution in [1.29, 1.82) is 0 Å². The Balaban J connectivity index is 2.12. The molecule has 17 heavy (non-hydrogen) atoms. The third kappa shape index (κ3) is 2.94. The van der Waals surface area contributed by atoms with E-state index in [-0.39, 0.29) is 0 Å². The quantitative estimate of drug-likeness (QED) is 0.786. The van der Waals surface area contributed by atoms with Gasteiger partial charge in [-0.25, -0.2) is 4.98 Å². The summed E-state index contributed by atoms with van der Waals surface area (Å²) >= 11 is 4.95. The van der Waals surface area contributed by atoms with Crippen molar-refractivity contribution in [3.63, 3.8) is 0 Å². The smallest absolute Gasteiger partial charge is 0.136 e. The van der Waals surface area contributed by atoms with Crippen LogP contribution in [0.15, 0.2) is 36.7 Å². The number of hydrogen-bond acceptors (Lipinski definition) is 5. The summed E-state index contributed by atoms with van der Waals surface area (Å²) in [5, 5.41) is 10.9. The molecule has 0 unspecified atom stereocenters. The number of anilines is 1. The van der Waals surface area contributed by atoms with Gasteiger partial charge in [0.1, 0.15) is 10.8 Å². The number of rotatable bonds is 4. The number of pyridine rings is 1. The van der Waals surface area contributed by atoms with E-state index in [9.17, 15) is 0 Å². The summed E-state index contributed by atoms with van der Waals surface area (Å²) in [6, 6.07) is 7.33. The molecule has 6 heteroatoms. The number of nitrogens with one attached hydrogen (secondary N) is 1. The average molecular weight is 245 g/mol. The van der Waals surface area contributed by atoms with Crippen LogP contribution in [0.4, 0.5) is 5.82 Å². The summed E-state index contributed by atoms with van der Waals surface area (Å²) < 4.78 is 0. The first-order valence-electron chi connectivity index (χ1n) is 5.02. The van der Waals surface area contributed by atoms with Crippen molar-refractivity contribution in [2.45, 2.75) is 6.54 Å². The fourth-order valence-corrected chi connectivity index (χ4v) is 1.51. The maximum Gasteiger partial charge on any atom is 0.136 e. The summed E-state index contributed by atoms with van der Waals surface area (Å²) in [6.45, 7) is 0.528. The van der Waals surface area contributed by atoms with Gasteiger partial charge in [-0.15, -0.1) is 0 Å². The SMILES string of the molecule is NC(=S)c1cccnc1NCc1cccnn1. The van der Waals surface area contributed by atoms with Crippen LogP contribution in [-0.2, 0) is 6.54 Å². The fourth-order valence-electron chi connectivity index (χ4n) is 1.35. The Hall–Kier alpha value is -2.08. The van der Waals surface area contributed by atoms with Crippen molar-refractivity contribution in [2.75, 3.05) is 5.32 Å². The third-order valence-corrected chi connectivity index (χ3v) is 2.36. The maximum absolute atomic E-state index is 5.61. The molecular weight excluding hydrogens is 234 g/mol. The molecule has 0 spiro atoms. The minimum absolute atomic E-state index is 0.319. The van der Waals surface area contributed by atoms with Crippen molar-refractivity contribution in [2.24, 2.45) is 5.73 Å². The highest BCUT2D eigenvalue weighted by atomic mass is 32.1. The van der Waals surface area contributed by atoms with Crippen molar-refractivity contribution in [3.05, 3.63) is 47.9 Å². The second-order valence-electron chi connectivity index (χ2n) is 3.33. The molecule has 0 aliphatic rings. The third-order valence-electron chi connectivity index (χ3n) is 2.14. The molecule has 0 aliphatic carbocycles. The predicted octanol–water partition coefficient (Wildman–Crippen LogP) is 1.12. The molecule has 0 atom stereocenters. The van der Waals surface area contributed by atoms with Gasteiger partial charge in [0.05, 0.1) is 17.8 Å². The van der Waals surface area contributed by atoms with E-state index in [0.717, 1.165) is 11.3 Å². The largest absolute Gasteiger partial charge is 0.389 e. The van der Waals surface area contributed by atoms with E-state index < -0.39 is 0 Å². The summed E-state index contributed by atoms with van der Waals surface area (Å²) in [7, 11) is 0. The zero-order chi connectivity index (χ0) is 12.1. The zero-order valence-electron chi connectivity index (χ0n) is 9.00. The Kier molecular flexibility index (Phi) is 3.56. The Morgan fingerprint density at radius 3 is 2.82 bits per heavy atom. The normalized spacial score (nSPS) is 9.88. The van der Waals surface area contributed by atoms with Gasteiger partial charge in [-0.05, 0) is 24.3 Å². The highest BCUT2D eigenvalue weighted by Gasteiger charge is 2.05. The summed E-state index contributed by atoms with van der Waals surface area (Å²) in [5.74, 6) is 0.658. The van der Waals surface area contributed by atoms with Crippen molar-refractivity contribution >= 4 is 23.0 Å². The van der Waals surface area contributed by atoms with E-state index in [2.05, 4.69) is 20.5 Å². The van der Waals surface area contributed by atoms with Gasteiger partial charge in [0.15, 0.2) is 0 Å². The Labute approximate surface area is 104 Å². The van der Waals surface area contributed by atoms with Gasteiger partial charge >= 0.3 is 0 Å². The molecule has 0 saturated heterocycles. The van der Waals surface area contributed by atoms with Crippen molar-refractivity contribution < 1.29 is 0 Å². The standard InChI is InChI=1S/C11H11N5S/c12-10(17)9-4-2-5-13-11(9)14-7-8-3-1-6-15-16-8/h1-6H,7H2,(H2,12,17)(H,13,14). The number of nitrogens with two attached hydrogens (primary N) is 1. The fraction of sp³-hybridized carbons (Fsp3) is 0.0909. The molecule has 0 bridgehead atoms. The van der Waals surface area contributed by atoms with Crippen LogP contribution in [0.3, 0.4) is 0 Å². The first-order valence-corrected chi connectivity index (χ1v) is 5.43. The maximum atomic E-state index is 5.61. The molecule has 0 radical (unpaired) electrons. The number of hydrogen-bond donors (Lipinski definition) is 2. The molecule has 0 aromatic carbocycles. The molecule has 0 aliphatic heterocycles. The van der Waals surface area contributed by atoms with Crippen molar-refractivity contribution in [1.82, 2.24) is 15.2 Å². The van der Waals surface area contributed by atoms with E-state index in [1.54, 1.807) is 18.5 Å². The minimum Gasteiger partial charge on any atom is -0.389 e. The van der Waals surface area contributed by atoms with Gasteiger partial charge in [0, 0.05) is 12.4 Å². The second-order valence-corrected chi connectivity index (χ2v) is 3.77. The van der Waals surface area contributed by atoms with Crippen LogP contribution in [0.1, 0.15) is 11.3 Å². The average Bonchev–Trinajstić information content (AvgIpc) is 2.38. The summed E-state index contributed by atoms with van der Waals surface area (Å²) in [5.41, 5.74) is 7.16. The van der Waals surface area contributed by atoms with Crippen LogP contribution in [0, 0.1) is 0 Å². The first-order chi connectivity index (χ1) is 8.27. The van der Waals surface area contributed by atoms with Crippen LogP contribution in [0.25, 0.3) is 0 Å². The van der Waals surface area contributed by atoms with Crippen LogP contribution in [0.2, 0.25) is 0 Å².